The molecule has 0 bridgehead atoms. The zero-order valence-electron chi connectivity index (χ0n) is 12.5. The van der Waals surface area contributed by atoms with Crippen molar-refractivity contribution in [1.29, 1.82) is 0 Å². The summed E-state index contributed by atoms with van der Waals surface area (Å²) in [4.78, 5) is 0. The first-order valence-electron chi connectivity index (χ1n) is 7.97. The van der Waals surface area contributed by atoms with Crippen LogP contribution in [0.3, 0.4) is 0 Å². The molecule has 0 spiro atoms. The van der Waals surface area contributed by atoms with Crippen LogP contribution in [0.1, 0.15) is 91.4 Å². The van der Waals surface area contributed by atoms with Gasteiger partial charge in [-0.3, -0.25) is 0 Å². The summed E-state index contributed by atoms with van der Waals surface area (Å²) in [5.41, 5.74) is 0. The third-order valence-corrected chi connectivity index (χ3v) is 3.55. The fourth-order valence-corrected chi connectivity index (χ4v) is 2.52. The predicted molar refractivity (Wildman–Crippen MR) is 80.4 cm³/mol. The van der Waals surface area contributed by atoms with E-state index < -0.39 is 0 Å². The molecule has 102 valence electrons. The zero-order valence-corrected chi connectivity index (χ0v) is 12.5. The highest BCUT2D eigenvalue weighted by Crippen LogP contribution is 2.18. The monoisotopic (exact) mass is 238 g/mol. The highest BCUT2D eigenvalue weighted by molar-refractivity contribution is 4.85. The lowest BCUT2D eigenvalue weighted by molar-refractivity contribution is 0.486. The third kappa shape index (κ3) is 12.0. The SMILES string of the molecule is C/C=C/C(CCC)CCCCCCCCCC. The Labute approximate surface area is 110 Å². The Morgan fingerprint density at radius 2 is 1.29 bits per heavy atom. The van der Waals surface area contributed by atoms with Crippen molar-refractivity contribution >= 4 is 0 Å². The molecule has 0 saturated heterocycles. The normalized spacial score (nSPS) is 13.4. The van der Waals surface area contributed by atoms with Crippen molar-refractivity contribution in [2.24, 2.45) is 5.92 Å². The highest BCUT2D eigenvalue weighted by Gasteiger charge is 2.02. The molecule has 0 aliphatic rings. The number of hydrogen-bond acceptors (Lipinski definition) is 0. The van der Waals surface area contributed by atoms with Crippen LogP contribution >= 0.6 is 0 Å². The van der Waals surface area contributed by atoms with E-state index in [1.165, 1.54) is 70.6 Å². The Hall–Kier alpha value is -0.260. The minimum Gasteiger partial charge on any atom is -0.0914 e. The molecule has 0 rings (SSSR count). The molecule has 0 fully saturated rings. The maximum Gasteiger partial charge on any atom is -0.0234 e. The summed E-state index contributed by atoms with van der Waals surface area (Å²) < 4.78 is 0. The Morgan fingerprint density at radius 1 is 0.706 bits per heavy atom. The van der Waals surface area contributed by atoms with E-state index in [-0.39, 0.29) is 0 Å². The van der Waals surface area contributed by atoms with E-state index in [0.29, 0.717) is 0 Å². The van der Waals surface area contributed by atoms with E-state index in [4.69, 9.17) is 0 Å². The molecule has 1 atom stereocenters. The molecule has 0 N–H and O–H groups in total. The van der Waals surface area contributed by atoms with Gasteiger partial charge in [0.15, 0.2) is 0 Å². The molecule has 0 aromatic carbocycles. The van der Waals surface area contributed by atoms with Crippen molar-refractivity contribution < 1.29 is 0 Å². The summed E-state index contributed by atoms with van der Waals surface area (Å²) in [6, 6.07) is 0. The van der Waals surface area contributed by atoms with Crippen molar-refractivity contribution in [3.05, 3.63) is 12.2 Å². The van der Waals surface area contributed by atoms with Gasteiger partial charge in [-0.25, -0.2) is 0 Å². The Kier molecular flexibility index (Phi) is 13.6. The van der Waals surface area contributed by atoms with Gasteiger partial charge < -0.3 is 0 Å². The molecule has 0 aliphatic heterocycles. The van der Waals surface area contributed by atoms with Gasteiger partial charge in [-0.2, -0.15) is 0 Å². The van der Waals surface area contributed by atoms with Crippen LogP contribution in [0.15, 0.2) is 12.2 Å². The zero-order chi connectivity index (χ0) is 12.8. The smallest absolute Gasteiger partial charge is 0.0234 e. The maximum absolute atomic E-state index is 2.41. The summed E-state index contributed by atoms with van der Waals surface area (Å²) in [7, 11) is 0. The van der Waals surface area contributed by atoms with Gasteiger partial charge in [0.05, 0.1) is 0 Å². The lowest BCUT2D eigenvalue weighted by Crippen LogP contribution is -1.96. The quantitative estimate of drug-likeness (QED) is 0.268. The summed E-state index contributed by atoms with van der Waals surface area (Å²) >= 11 is 0. The molecule has 0 aliphatic carbocycles. The molecular formula is C17H34. The van der Waals surface area contributed by atoms with Gasteiger partial charge in [0, 0.05) is 0 Å². The molecule has 0 aromatic rings. The standard InChI is InChI=1S/C17H34/c1-4-7-8-9-10-11-12-13-16-17(14-5-2)15-6-3/h5,14,17H,4,6-13,15-16H2,1-3H3/b14-5+. The fraction of sp³-hybridized carbons (Fsp3) is 0.882. The van der Waals surface area contributed by atoms with E-state index in [9.17, 15) is 0 Å². The van der Waals surface area contributed by atoms with Crippen molar-refractivity contribution in [1.82, 2.24) is 0 Å². The molecule has 17 heavy (non-hydrogen) atoms. The number of allylic oxidation sites excluding steroid dienone is 2. The van der Waals surface area contributed by atoms with Gasteiger partial charge in [0.25, 0.3) is 0 Å². The molecule has 0 amide bonds. The topological polar surface area (TPSA) is 0 Å². The Morgan fingerprint density at radius 3 is 1.82 bits per heavy atom. The van der Waals surface area contributed by atoms with Crippen LogP contribution < -0.4 is 0 Å². The van der Waals surface area contributed by atoms with Crippen LogP contribution in [-0.4, -0.2) is 0 Å². The molecule has 0 radical (unpaired) electrons. The molecule has 0 nitrogen and oxygen atoms in total. The lowest BCUT2D eigenvalue weighted by Gasteiger charge is -2.11. The molecule has 0 aromatic heterocycles. The summed E-state index contributed by atoms with van der Waals surface area (Å²) in [5.74, 6) is 0.852. The largest absolute Gasteiger partial charge is 0.0914 e. The summed E-state index contributed by atoms with van der Waals surface area (Å²) in [5, 5.41) is 0. The maximum atomic E-state index is 2.41. The first-order valence-corrected chi connectivity index (χ1v) is 7.97. The molecule has 0 saturated carbocycles. The number of rotatable bonds is 12. The average Bonchev–Trinajstić information content (AvgIpc) is 2.33. The summed E-state index contributed by atoms with van der Waals surface area (Å²) in [6.45, 7) is 6.73. The molecule has 0 heteroatoms. The predicted octanol–water partition coefficient (Wildman–Crippen LogP) is 6.51. The Balaban J connectivity index is 3.29. The second-order valence-electron chi connectivity index (χ2n) is 5.34. The number of hydrogen-bond donors (Lipinski definition) is 0. The highest BCUT2D eigenvalue weighted by atomic mass is 14.1. The fourth-order valence-electron chi connectivity index (χ4n) is 2.52. The average molecular weight is 238 g/mol. The van der Waals surface area contributed by atoms with Crippen LogP contribution in [0.5, 0.6) is 0 Å². The van der Waals surface area contributed by atoms with Gasteiger partial charge in [0.2, 0.25) is 0 Å². The third-order valence-electron chi connectivity index (χ3n) is 3.55. The van der Waals surface area contributed by atoms with Crippen LogP contribution in [0.2, 0.25) is 0 Å². The molecule has 1 unspecified atom stereocenters. The minimum atomic E-state index is 0.852. The van der Waals surface area contributed by atoms with Crippen LogP contribution in [0.25, 0.3) is 0 Å². The summed E-state index contributed by atoms with van der Waals surface area (Å²) in [6.07, 6.45) is 20.2. The van der Waals surface area contributed by atoms with Gasteiger partial charge in [-0.15, -0.1) is 0 Å². The molecule has 0 heterocycles. The first kappa shape index (κ1) is 16.7. The Bertz CT molecular complexity index is 157. The minimum absolute atomic E-state index is 0.852. The van der Waals surface area contributed by atoms with Gasteiger partial charge in [0.1, 0.15) is 0 Å². The van der Waals surface area contributed by atoms with Crippen molar-refractivity contribution in [3.63, 3.8) is 0 Å². The van der Waals surface area contributed by atoms with E-state index in [2.05, 4.69) is 32.9 Å². The van der Waals surface area contributed by atoms with Crippen LogP contribution in [0, 0.1) is 5.92 Å². The van der Waals surface area contributed by atoms with Crippen molar-refractivity contribution in [2.75, 3.05) is 0 Å². The van der Waals surface area contributed by atoms with E-state index in [1.54, 1.807) is 0 Å². The second kappa shape index (κ2) is 13.8. The lowest BCUT2D eigenvalue weighted by atomic mass is 9.95. The van der Waals surface area contributed by atoms with Crippen molar-refractivity contribution in [2.45, 2.75) is 91.4 Å². The van der Waals surface area contributed by atoms with Crippen LogP contribution in [0.4, 0.5) is 0 Å². The van der Waals surface area contributed by atoms with Crippen molar-refractivity contribution in [3.8, 4) is 0 Å². The van der Waals surface area contributed by atoms with E-state index in [0.717, 1.165) is 5.92 Å². The number of unbranched alkanes of at least 4 members (excludes halogenated alkanes) is 7. The van der Waals surface area contributed by atoms with E-state index in [1.807, 2.05) is 0 Å². The van der Waals surface area contributed by atoms with Gasteiger partial charge >= 0.3 is 0 Å². The van der Waals surface area contributed by atoms with Gasteiger partial charge in [-0.05, 0) is 25.7 Å². The van der Waals surface area contributed by atoms with Gasteiger partial charge in [-0.1, -0.05) is 83.8 Å². The van der Waals surface area contributed by atoms with Crippen LogP contribution in [-0.2, 0) is 0 Å². The molecular weight excluding hydrogens is 204 g/mol. The first-order chi connectivity index (χ1) is 8.35. The second-order valence-corrected chi connectivity index (χ2v) is 5.34. The van der Waals surface area contributed by atoms with E-state index >= 15 is 0 Å².